The molecule has 4 aromatic rings. The monoisotopic (exact) mass is 466 g/mol. The van der Waals surface area contributed by atoms with Crippen molar-refractivity contribution >= 4 is 27.3 Å². The molecule has 154 valence electrons. The van der Waals surface area contributed by atoms with Crippen molar-refractivity contribution in [2.45, 2.75) is 20.8 Å². The number of benzene rings is 2. The average molecular weight is 467 g/mol. The van der Waals surface area contributed by atoms with Gasteiger partial charge in [0.15, 0.2) is 0 Å². The number of hydrogen-bond donors (Lipinski definition) is 1. The standard InChI is InChI=1S/C23H23BrN4O2/c1-15-4-5-18(23-16(2)26-30-17(23)3)12-22(15)28(10-11-29)19-6-7-21(20(24)13-19)27-9-8-25-14-27/h4-9,12-14,29H,10-11H2,1-3H3. The number of imidazole rings is 1. The lowest BCUT2D eigenvalue weighted by molar-refractivity contribution is 0.305. The molecule has 2 aromatic heterocycles. The summed E-state index contributed by atoms with van der Waals surface area (Å²) in [5.74, 6) is 0.795. The Labute approximate surface area is 183 Å². The van der Waals surface area contributed by atoms with Crippen molar-refractivity contribution in [2.75, 3.05) is 18.1 Å². The van der Waals surface area contributed by atoms with Gasteiger partial charge in [-0.25, -0.2) is 4.98 Å². The lowest BCUT2D eigenvalue weighted by atomic mass is 10.0. The maximum Gasteiger partial charge on any atom is 0.141 e. The van der Waals surface area contributed by atoms with Gasteiger partial charge in [-0.3, -0.25) is 0 Å². The van der Waals surface area contributed by atoms with Gasteiger partial charge in [0, 0.05) is 40.3 Å². The van der Waals surface area contributed by atoms with E-state index in [0.29, 0.717) is 6.54 Å². The topological polar surface area (TPSA) is 67.3 Å². The minimum atomic E-state index is 0.0376. The van der Waals surface area contributed by atoms with Crippen molar-refractivity contribution in [3.05, 3.63) is 76.6 Å². The molecule has 1 N–H and O–H groups in total. The Hall–Kier alpha value is -2.90. The van der Waals surface area contributed by atoms with Crippen molar-refractivity contribution < 1.29 is 9.63 Å². The summed E-state index contributed by atoms with van der Waals surface area (Å²) in [6, 6.07) is 12.5. The minimum Gasteiger partial charge on any atom is -0.395 e. The summed E-state index contributed by atoms with van der Waals surface area (Å²) in [5, 5.41) is 13.9. The highest BCUT2D eigenvalue weighted by Crippen LogP contribution is 2.36. The van der Waals surface area contributed by atoms with Gasteiger partial charge in [-0.1, -0.05) is 17.3 Å². The Balaban J connectivity index is 1.78. The van der Waals surface area contributed by atoms with E-state index in [1.165, 1.54) is 0 Å². The normalized spacial score (nSPS) is 11.1. The van der Waals surface area contributed by atoms with Gasteiger partial charge >= 0.3 is 0 Å². The predicted molar refractivity (Wildman–Crippen MR) is 122 cm³/mol. The van der Waals surface area contributed by atoms with Gasteiger partial charge in [0.2, 0.25) is 0 Å². The minimum absolute atomic E-state index is 0.0376. The van der Waals surface area contributed by atoms with Gasteiger partial charge in [-0.2, -0.15) is 0 Å². The first-order valence-electron chi connectivity index (χ1n) is 9.69. The van der Waals surface area contributed by atoms with Crippen molar-refractivity contribution in [1.82, 2.24) is 14.7 Å². The van der Waals surface area contributed by atoms with Crippen LogP contribution in [0.1, 0.15) is 17.0 Å². The van der Waals surface area contributed by atoms with Crippen molar-refractivity contribution in [3.63, 3.8) is 0 Å². The van der Waals surface area contributed by atoms with E-state index in [0.717, 1.165) is 49.7 Å². The molecule has 0 aliphatic rings. The lowest BCUT2D eigenvalue weighted by Crippen LogP contribution is -2.22. The van der Waals surface area contributed by atoms with Crippen LogP contribution < -0.4 is 4.90 Å². The highest BCUT2D eigenvalue weighted by atomic mass is 79.9. The number of nitrogens with zero attached hydrogens (tertiary/aromatic N) is 4. The summed E-state index contributed by atoms with van der Waals surface area (Å²) in [5.41, 5.74) is 7.06. The van der Waals surface area contributed by atoms with E-state index in [4.69, 9.17) is 4.52 Å². The molecule has 0 spiro atoms. The smallest absolute Gasteiger partial charge is 0.141 e. The zero-order valence-electron chi connectivity index (χ0n) is 17.1. The number of aliphatic hydroxyl groups excluding tert-OH is 1. The van der Waals surface area contributed by atoms with E-state index in [1.54, 1.807) is 12.5 Å². The summed E-state index contributed by atoms with van der Waals surface area (Å²) < 4.78 is 8.26. The summed E-state index contributed by atoms with van der Waals surface area (Å²) in [6.45, 7) is 6.46. The van der Waals surface area contributed by atoms with E-state index < -0.39 is 0 Å². The predicted octanol–water partition coefficient (Wildman–Crippen LogP) is 5.35. The van der Waals surface area contributed by atoms with Crippen LogP contribution in [0.3, 0.4) is 0 Å². The van der Waals surface area contributed by atoms with Crippen LogP contribution in [0.5, 0.6) is 0 Å². The number of hydrogen-bond acceptors (Lipinski definition) is 5. The molecule has 0 bridgehead atoms. The molecule has 6 nitrogen and oxygen atoms in total. The van der Waals surface area contributed by atoms with Crippen LogP contribution in [0.15, 0.2) is 64.1 Å². The molecule has 0 saturated carbocycles. The maximum atomic E-state index is 9.78. The van der Waals surface area contributed by atoms with E-state index in [-0.39, 0.29) is 6.61 Å². The molecular weight excluding hydrogens is 444 g/mol. The summed E-state index contributed by atoms with van der Waals surface area (Å²) in [4.78, 5) is 6.24. The summed E-state index contributed by atoms with van der Waals surface area (Å²) in [6.07, 6.45) is 5.42. The summed E-state index contributed by atoms with van der Waals surface area (Å²) in [7, 11) is 0. The maximum absolute atomic E-state index is 9.78. The molecular formula is C23H23BrN4O2. The van der Waals surface area contributed by atoms with Gasteiger partial charge in [0.05, 0.1) is 24.3 Å². The van der Waals surface area contributed by atoms with E-state index >= 15 is 0 Å². The molecule has 0 unspecified atom stereocenters. The fourth-order valence-corrected chi connectivity index (χ4v) is 4.29. The third kappa shape index (κ3) is 3.78. The zero-order valence-corrected chi connectivity index (χ0v) is 18.7. The third-order valence-electron chi connectivity index (χ3n) is 5.17. The molecule has 7 heteroatoms. The molecule has 0 atom stereocenters. The molecule has 0 aliphatic carbocycles. The van der Waals surface area contributed by atoms with Gasteiger partial charge in [-0.15, -0.1) is 0 Å². The number of aromatic nitrogens is 3. The average Bonchev–Trinajstić information content (AvgIpc) is 3.37. The quantitative estimate of drug-likeness (QED) is 0.414. The zero-order chi connectivity index (χ0) is 21.3. The van der Waals surface area contributed by atoms with Crippen LogP contribution in [0, 0.1) is 20.8 Å². The molecule has 4 rings (SSSR count). The highest BCUT2D eigenvalue weighted by Gasteiger charge is 2.17. The third-order valence-corrected chi connectivity index (χ3v) is 5.81. The van der Waals surface area contributed by atoms with Gasteiger partial charge in [-0.05, 0) is 72.1 Å². The van der Waals surface area contributed by atoms with Crippen LogP contribution >= 0.6 is 15.9 Å². The Morgan fingerprint density at radius 1 is 1.13 bits per heavy atom. The number of aryl methyl sites for hydroxylation is 3. The van der Waals surface area contributed by atoms with Crippen LogP contribution in [0.2, 0.25) is 0 Å². The number of rotatable bonds is 6. The molecule has 30 heavy (non-hydrogen) atoms. The first-order valence-corrected chi connectivity index (χ1v) is 10.5. The molecule has 2 heterocycles. The van der Waals surface area contributed by atoms with E-state index in [1.807, 2.05) is 30.7 Å². The first-order chi connectivity index (χ1) is 14.5. The second kappa shape index (κ2) is 8.45. The number of anilines is 2. The molecule has 0 fully saturated rings. The second-order valence-electron chi connectivity index (χ2n) is 7.18. The van der Waals surface area contributed by atoms with Crippen molar-refractivity contribution in [2.24, 2.45) is 0 Å². The molecule has 0 saturated heterocycles. The van der Waals surface area contributed by atoms with Gasteiger partial charge in [0.25, 0.3) is 0 Å². The SMILES string of the molecule is Cc1ccc(-c2c(C)noc2C)cc1N(CCO)c1ccc(-n2ccnc2)c(Br)c1. The fraction of sp³-hybridized carbons (Fsp3) is 0.217. The molecule has 0 amide bonds. The molecule has 0 radical (unpaired) electrons. The van der Waals surface area contributed by atoms with Crippen molar-refractivity contribution in [3.8, 4) is 16.8 Å². The lowest BCUT2D eigenvalue weighted by Gasteiger charge is -2.27. The largest absolute Gasteiger partial charge is 0.395 e. The van der Waals surface area contributed by atoms with Gasteiger partial charge < -0.3 is 19.1 Å². The summed E-state index contributed by atoms with van der Waals surface area (Å²) >= 11 is 3.69. The molecule has 2 aromatic carbocycles. The van der Waals surface area contributed by atoms with Crippen LogP contribution in [0.4, 0.5) is 11.4 Å². The Morgan fingerprint density at radius 3 is 2.60 bits per heavy atom. The highest BCUT2D eigenvalue weighted by molar-refractivity contribution is 9.10. The first kappa shape index (κ1) is 20.4. The molecule has 0 aliphatic heterocycles. The van der Waals surface area contributed by atoms with Crippen LogP contribution in [-0.2, 0) is 0 Å². The number of aliphatic hydroxyl groups is 1. The van der Waals surface area contributed by atoms with Crippen LogP contribution in [0.25, 0.3) is 16.8 Å². The second-order valence-corrected chi connectivity index (χ2v) is 8.04. The van der Waals surface area contributed by atoms with Gasteiger partial charge in [0.1, 0.15) is 5.76 Å². The van der Waals surface area contributed by atoms with Crippen molar-refractivity contribution in [1.29, 1.82) is 0 Å². The number of halogens is 1. The fourth-order valence-electron chi connectivity index (χ4n) is 3.71. The van der Waals surface area contributed by atoms with E-state index in [2.05, 4.69) is 68.2 Å². The Morgan fingerprint density at radius 2 is 1.97 bits per heavy atom. The Kier molecular flexibility index (Phi) is 5.74. The van der Waals surface area contributed by atoms with Crippen LogP contribution in [-0.4, -0.2) is 33.0 Å². The Bertz CT molecular complexity index is 1150. The van der Waals surface area contributed by atoms with E-state index in [9.17, 15) is 5.11 Å².